The molecule has 0 aliphatic carbocycles. The first-order valence-electron chi connectivity index (χ1n) is 25.4. The Morgan fingerprint density at radius 3 is 1.17 bits per heavy atom. The fourth-order valence-electron chi connectivity index (χ4n) is 10.5. The molecular formula is C71H49N3S. The second kappa shape index (κ2) is 19.6. The number of nitrogens with zero attached hydrogens (tertiary/aromatic N) is 3. The van der Waals surface area contributed by atoms with Crippen molar-refractivity contribution in [2.45, 2.75) is 13.8 Å². The van der Waals surface area contributed by atoms with Gasteiger partial charge in [-0.15, -0.1) is 11.3 Å². The highest BCUT2D eigenvalue weighted by Gasteiger charge is 2.17. The van der Waals surface area contributed by atoms with E-state index in [1.165, 1.54) is 42.4 Å². The summed E-state index contributed by atoms with van der Waals surface area (Å²) < 4.78 is 2.61. The molecule has 0 spiro atoms. The Morgan fingerprint density at radius 1 is 0.253 bits per heavy atom. The highest BCUT2D eigenvalue weighted by molar-refractivity contribution is 7.25. The molecule has 0 N–H and O–H groups in total. The Labute approximate surface area is 441 Å². The largest absolute Gasteiger partial charge is 0.256 e. The molecule has 9 aromatic carbocycles. The maximum atomic E-state index is 4.87. The number of aromatic nitrogens is 3. The molecule has 0 radical (unpaired) electrons. The van der Waals surface area contributed by atoms with Gasteiger partial charge in [-0.25, -0.2) is 0 Å². The summed E-state index contributed by atoms with van der Waals surface area (Å²) in [5.74, 6) is 0. The van der Waals surface area contributed by atoms with Crippen molar-refractivity contribution in [2.75, 3.05) is 0 Å². The van der Waals surface area contributed by atoms with E-state index in [2.05, 4.69) is 255 Å². The van der Waals surface area contributed by atoms with Crippen LogP contribution in [0.3, 0.4) is 0 Å². The van der Waals surface area contributed by atoms with Crippen molar-refractivity contribution in [2.24, 2.45) is 0 Å². The Balaban J connectivity index is 0.893. The normalized spacial score (nSPS) is 11.3. The molecule has 4 aromatic heterocycles. The summed E-state index contributed by atoms with van der Waals surface area (Å²) in [6.45, 7) is 4.18. The lowest BCUT2D eigenvalue weighted by Crippen LogP contribution is -1.92. The van der Waals surface area contributed by atoms with E-state index in [9.17, 15) is 0 Å². The maximum absolute atomic E-state index is 4.87. The fourth-order valence-corrected chi connectivity index (χ4v) is 11.7. The van der Waals surface area contributed by atoms with Crippen LogP contribution in [-0.2, 0) is 0 Å². The van der Waals surface area contributed by atoms with E-state index >= 15 is 0 Å². The third kappa shape index (κ3) is 9.03. The topological polar surface area (TPSA) is 38.7 Å². The second-order valence-corrected chi connectivity index (χ2v) is 20.4. The summed E-state index contributed by atoms with van der Waals surface area (Å²) >= 11 is 1.85. The van der Waals surface area contributed by atoms with E-state index in [1.54, 1.807) is 0 Å². The molecule has 75 heavy (non-hydrogen) atoms. The molecule has 0 saturated heterocycles. The standard InChI is InChI=1S/C71H49N3S/c1-46-35-37-72-68(39-46)52-28-22-49(23-29-52)60-12-4-7-15-63(60)57-40-56(62-14-6-3-11-59(62)48-20-26-51(27-21-48)67-34-19-47(2)45-74-67)41-58(42-57)64-16-8-5-13-61(64)50-24-30-53(31-25-50)69-43-55(36-38-73-69)54-32-33-66-65-17-9-10-18-70(65)75-71(66)44-54/h3-45H,1-2H3. The minimum atomic E-state index is 0.946. The molecule has 13 aromatic rings. The van der Waals surface area contributed by atoms with Crippen LogP contribution in [0.4, 0.5) is 0 Å². The molecule has 0 amide bonds. The summed E-state index contributed by atoms with van der Waals surface area (Å²) in [6.07, 6.45) is 5.74. The molecule has 0 fully saturated rings. The zero-order chi connectivity index (χ0) is 50.2. The van der Waals surface area contributed by atoms with Gasteiger partial charge in [0, 0.05) is 55.5 Å². The number of hydrogen-bond donors (Lipinski definition) is 0. The second-order valence-electron chi connectivity index (χ2n) is 19.3. The lowest BCUT2D eigenvalue weighted by Gasteiger charge is -2.18. The SMILES string of the molecule is Cc1ccc(-c2ccc(-c3ccccc3-c3cc(-c4ccccc4-c4ccc(-c5cc(C)ccn5)cc4)cc(-c4ccccc4-c4ccc(-c5cc(-c6ccc7c(c6)sc6ccccc67)ccn5)cc4)c3)cc2)nc1. The van der Waals surface area contributed by atoms with Gasteiger partial charge in [-0.2, -0.15) is 0 Å². The van der Waals surface area contributed by atoms with Crippen LogP contribution in [0.2, 0.25) is 0 Å². The number of fused-ring (bicyclic) bond motifs is 3. The summed E-state index contributed by atoms with van der Waals surface area (Å²) in [4.78, 5) is 14.3. The van der Waals surface area contributed by atoms with Crippen molar-refractivity contribution in [3.8, 4) is 112 Å². The predicted octanol–water partition coefficient (Wildman–Crippen LogP) is 19.5. The molecule has 0 saturated carbocycles. The van der Waals surface area contributed by atoms with Gasteiger partial charge in [0.1, 0.15) is 0 Å². The van der Waals surface area contributed by atoms with Gasteiger partial charge in [0.05, 0.1) is 17.1 Å². The Bertz CT molecular complexity index is 4230. The van der Waals surface area contributed by atoms with Crippen molar-refractivity contribution >= 4 is 31.5 Å². The van der Waals surface area contributed by atoms with E-state index in [1.807, 2.05) is 36.0 Å². The van der Waals surface area contributed by atoms with E-state index < -0.39 is 0 Å². The summed E-state index contributed by atoms with van der Waals surface area (Å²) in [5.41, 5.74) is 24.7. The number of aryl methyl sites for hydroxylation is 2. The van der Waals surface area contributed by atoms with Gasteiger partial charge < -0.3 is 0 Å². The molecular weight excluding hydrogens is 927 g/mol. The lowest BCUT2D eigenvalue weighted by atomic mass is 9.86. The lowest BCUT2D eigenvalue weighted by molar-refractivity contribution is 1.27. The van der Waals surface area contributed by atoms with Crippen LogP contribution in [0, 0.1) is 13.8 Å². The van der Waals surface area contributed by atoms with Gasteiger partial charge in [-0.3, -0.25) is 15.0 Å². The third-order valence-electron chi connectivity index (χ3n) is 14.4. The highest BCUT2D eigenvalue weighted by Crippen LogP contribution is 2.43. The first kappa shape index (κ1) is 45.5. The smallest absolute Gasteiger partial charge is 0.0708 e. The first-order valence-corrected chi connectivity index (χ1v) is 26.3. The van der Waals surface area contributed by atoms with Gasteiger partial charge in [-0.05, 0) is 164 Å². The van der Waals surface area contributed by atoms with Crippen molar-refractivity contribution < 1.29 is 0 Å². The highest BCUT2D eigenvalue weighted by atomic mass is 32.1. The minimum absolute atomic E-state index is 0.946. The van der Waals surface area contributed by atoms with Crippen molar-refractivity contribution in [3.63, 3.8) is 0 Å². The van der Waals surface area contributed by atoms with E-state index in [0.29, 0.717) is 0 Å². The fraction of sp³-hybridized carbons (Fsp3) is 0.0282. The van der Waals surface area contributed by atoms with E-state index in [4.69, 9.17) is 9.97 Å². The van der Waals surface area contributed by atoms with Gasteiger partial charge >= 0.3 is 0 Å². The predicted molar refractivity (Wildman–Crippen MR) is 317 cm³/mol. The molecule has 4 heterocycles. The van der Waals surface area contributed by atoms with Gasteiger partial charge in [0.2, 0.25) is 0 Å². The van der Waals surface area contributed by atoms with Crippen LogP contribution < -0.4 is 0 Å². The molecule has 0 bridgehead atoms. The Morgan fingerprint density at radius 2 is 0.667 bits per heavy atom. The third-order valence-corrected chi connectivity index (χ3v) is 15.6. The zero-order valence-corrected chi connectivity index (χ0v) is 42.4. The number of hydrogen-bond acceptors (Lipinski definition) is 4. The molecule has 4 heteroatoms. The molecule has 3 nitrogen and oxygen atoms in total. The van der Waals surface area contributed by atoms with Crippen LogP contribution in [0.5, 0.6) is 0 Å². The summed E-state index contributed by atoms with van der Waals surface area (Å²) in [7, 11) is 0. The zero-order valence-electron chi connectivity index (χ0n) is 41.6. The van der Waals surface area contributed by atoms with E-state index in [-0.39, 0.29) is 0 Å². The molecule has 0 aliphatic rings. The van der Waals surface area contributed by atoms with Crippen LogP contribution in [0.25, 0.3) is 132 Å². The van der Waals surface area contributed by atoms with Crippen LogP contribution in [-0.4, -0.2) is 15.0 Å². The molecule has 0 atom stereocenters. The summed E-state index contributed by atoms with van der Waals surface area (Å²) in [6, 6.07) is 88.2. The average Bonchev–Trinajstić information content (AvgIpc) is 3.86. The number of thiophene rings is 1. The molecule has 0 unspecified atom stereocenters. The minimum Gasteiger partial charge on any atom is -0.256 e. The average molecular weight is 976 g/mol. The maximum Gasteiger partial charge on any atom is 0.0708 e. The molecule has 13 rings (SSSR count). The van der Waals surface area contributed by atoms with Crippen molar-refractivity contribution in [3.05, 3.63) is 272 Å². The van der Waals surface area contributed by atoms with Gasteiger partial charge in [0.25, 0.3) is 0 Å². The van der Waals surface area contributed by atoms with Crippen LogP contribution in [0.15, 0.2) is 261 Å². The Kier molecular flexibility index (Phi) is 11.9. The number of benzene rings is 9. The van der Waals surface area contributed by atoms with Crippen LogP contribution in [0.1, 0.15) is 11.1 Å². The van der Waals surface area contributed by atoms with Crippen molar-refractivity contribution in [1.29, 1.82) is 0 Å². The molecule has 0 aliphatic heterocycles. The summed E-state index contributed by atoms with van der Waals surface area (Å²) in [5, 5.41) is 2.62. The first-order chi connectivity index (χ1) is 37.0. The monoisotopic (exact) mass is 975 g/mol. The molecule has 354 valence electrons. The number of pyridine rings is 3. The quantitative estimate of drug-likeness (QED) is 0.137. The van der Waals surface area contributed by atoms with Gasteiger partial charge in [-0.1, -0.05) is 182 Å². The Hall–Kier alpha value is -9.35. The van der Waals surface area contributed by atoms with Crippen molar-refractivity contribution in [1.82, 2.24) is 15.0 Å². The van der Waals surface area contributed by atoms with Gasteiger partial charge in [0.15, 0.2) is 0 Å². The van der Waals surface area contributed by atoms with Crippen LogP contribution >= 0.6 is 11.3 Å². The van der Waals surface area contributed by atoms with E-state index in [0.717, 1.165) is 101 Å². The number of rotatable bonds is 10.